The molecule has 0 amide bonds. The average Bonchev–Trinajstić information content (AvgIpc) is 2.72. The molecule has 28 heavy (non-hydrogen) atoms. The lowest BCUT2D eigenvalue weighted by Crippen LogP contribution is -2.28. The topological polar surface area (TPSA) is 55.6 Å². The van der Waals surface area contributed by atoms with E-state index in [1.807, 2.05) is 12.1 Å². The van der Waals surface area contributed by atoms with Crippen molar-refractivity contribution in [3.05, 3.63) is 69.7 Å². The molecule has 2 aromatic carbocycles. The van der Waals surface area contributed by atoms with Crippen LogP contribution in [0.1, 0.15) is 35.4 Å². The van der Waals surface area contributed by atoms with Crippen LogP contribution in [-0.4, -0.2) is 37.3 Å². The van der Waals surface area contributed by atoms with E-state index >= 15 is 0 Å². The number of benzene rings is 2. The highest BCUT2D eigenvalue weighted by atomic mass is 16.5. The van der Waals surface area contributed by atoms with Gasteiger partial charge in [-0.05, 0) is 67.5 Å². The van der Waals surface area contributed by atoms with E-state index in [1.165, 1.54) is 24.0 Å². The SMILES string of the molecule is COc1cccc2c1CCCC2CN(C)CCc1ccc2cnoc(=O)c2c1. The molecule has 0 radical (unpaired) electrons. The van der Waals surface area contributed by atoms with Crippen molar-refractivity contribution in [1.29, 1.82) is 0 Å². The molecule has 1 aliphatic carbocycles. The Balaban J connectivity index is 1.43. The van der Waals surface area contributed by atoms with Crippen LogP contribution in [0.2, 0.25) is 0 Å². The maximum atomic E-state index is 11.9. The van der Waals surface area contributed by atoms with Crippen molar-refractivity contribution in [3.63, 3.8) is 0 Å². The summed E-state index contributed by atoms with van der Waals surface area (Å²) in [5.41, 5.74) is 3.59. The van der Waals surface area contributed by atoms with Gasteiger partial charge in [-0.25, -0.2) is 4.79 Å². The van der Waals surface area contributed by atoms with E-state index in [1.54, 1.807) is 13.3 Å². The number of nitrogens with zero attached hydrogens (tertiary/aromatic N) is 2. The summed E-state index contributed by atoms with van der Waals surface area (Å²) in [7, 11) is 3.93. The molecule has 4 rings (SSSR count). The highest BCUT2D eigenvalue weighted by Crippen LogP contribution is 2.36. The minimum atomic E-state index is -0.375. The van der Waals surface area contributed by atoms with Crippen molar-refractivity contribution < 1.29 is 9.26 Å². The molecule has 0 saturated heterocycles. The molecule has 1 aromatic heterocycles. The lowest BCUT2D eigenvalue weighted by atomic mass is 9.82. The fourth-order valence-electron chi connectivity index (χ4n) is 4.31. The number of methoxy groups -OCH3 is 1. The van der Waals surface area contributed by atoms with E-state index in [2.05, 4.69) is 41.4 Å². The second kappa shape index (κ2) is 8.15. The van der Waals surface area contributed by atoms with Crippen LogP contribution in [0.4, 0.5) is 0 Å². The third kappa shape index (κ3) is 3.80. The van der Waals surface area contributed by atoms with Crippen LogP contribution in [0.3, 0.4) is 0 Å². The van der Waals surface area contributed by atoms with Gasteiger partial charge < -0.3 is 14.2 Å². The largest absolute Gasteiger partial charge is 0.496 e. The summed E-state index contributed by atoms with van der Waals surface area (Å²) in [6.07, 6.45) is 6.01. The molecule has 1 unspecified atom stereocenters. The highest BCUT2D eigenvalue weighted by Gasteiger charge is 2.23. The van der Waals surface area contributed by atoms with Gasteiger partial charge in [-0.15, -0.1) is 0 Å². The first-order valence-corrected chi connectivity index (χ1v) is 9.87. The Labute approximate surface area is 164 Å². The van der Waals surface area contributed by atoms with E-state index < -0.39 is 0 Å². The smallest absolute Gasteiger partial charge is 0.366 e. The molecule has 0 N–H and O–H groups in total. The maximum absolute atomic E-state index is 11.9. The van der Waals surface area contributed by atoms with Crippen LogP contribution in [0.25, 0.3) is 10.8 Å². The summed E-state index contributed by atoms with van der Waals surface area (Å²) in [4.78, 5) is 14.2. The third-order valence-electron chi connectivity index (χ3n) is 5.79. The molecule has 1 aliphatic rings. The molecule has 0 aliphatic heterocycles. The number of ether oxygens (including phenoxy) is 1. The first-order valence-electron chi connectivity index (χ1n) is 9.87. The van der Waals surface area contributed by atoms with Gasteiger partial charge in [0.25, 0.3) is 0 Å². The summed E-state index contributed by atoms with van der Waals surface area (Å²) in [6.45, 7) is 1.97. The quantitative estimate of drug-likeness (QED) is 0.653. The normalized spacial score (nSPS) is 16.3. The fourth-order valence-corrected chi connectivity index (χ4v) is 4.31. The van der Waals surface area contributed by atoms with Gasteiger partial charge >= 0.3 is 5.63 Å². The van der Waals surface area contributed by atoms with Crippen molar-refractivity contribution in [3.8, 4) is 5.75 Å². The molecule has 5 nitrogen and oxygen atoms in total. The number of likely N-dealkylation sites (N-methyl/N-ethyl adjacent to an activating group) is 1. The summed E-state index contributed by atoms with van der Waals surface area (Å²) in [5, 5.41) is 5.03. The Kier molecular flexibility index (Phi) is 5.44. The van der Waals surface area contributed by atoms with Gasteiger partial charge in [0.05, 0.1) is 18.7 Å². The Bertz CT molecular complexity index is 1030. The van der Waals surface area contributed by atoms with Gasteiger partial charge in [0, 0.05) is 18.5 Å². The van der Waals surface area contributed by atoms with Crippen LogP contribution in [-0.2, 0) is 12.8 Å². The lowest BCUT2D eigenvalue weighted by molar-refractivity contribution is 0.299. The standard InChI is InChI=1S/C23H26N2O3/c1-25(12-11-16-9-10-17-14-24-28-23(26)21(17)13-16)15-18-5-3-7-20-19(18)6-4-8-22(20)27-2/h4,6,8-10,13-14,18H,3,5,7,11-12,15H2,1-2H3. The first kappa shape index (κ1) is 18.7. The molecular weight excluding hydrogens is 352 g/mol. The minimum Gasteiger partial charge on any atom is -0.496 e. The van der Waals surface area contributed by atoms with Crippen molar-refractivity contribution in [1.82, 2.24) is 10.1 Å². The molecular formula is C23H26N2O3. The van der Waals surface area contributed by atoms with Crippen LogP contribution in [0.5, 0.6) is 5.75 Å². The summed E-state index contributed by atoms with van der Waals surface area (Å²) in [6, 6.07) is 12.4. The predicted molar refractivity (Wildman–Crippen MR) is 110 cm³/mol. The average molecular weight is 378 g/mol. The molecule has 146 valence electrons. The second-order valence-corrected chi connectivity index (χ2v) is 7.66. The third-order valence-corrected chi connectivity index (χ3v) is 5.79. The van der Waals surface area contributed by atoms with Gasteiger partial charge in [0.15, 0.2) is 0 Å². The number of aromatic nitrogens is 1. The van der Waals surface area contributed by atoms with Crippen molar-refractivity contribution in [2.24, 2.45) is 0 Å². The lowest BCUT2D eigenvalue weighted by Gasteiger charge is -2.30. The second-order valence-electron chi connectivity index (χ2n) is 7.66. The zero-order valence-corrected chi connectivity index (χ0v) is 16.5. The molecule has 3 aromatic rings. The molecule has 5 heteroatoms. The van der Waals surface area contributed by atoms with Crippen LogP contribution in [0.15, 0.2) is 51.9 Å². The molecule has 0 spiro atoms. The van der Waals surface area contributed by atoms with Crippen molar-refractivity contribution >= 4 is 10.8 Å². The van der Waals surface area contributed by atoms with E-state index in [0.717, 1.165) is 42.6 Å². The highest BCUT2D eigenvalue weighted by molar-refractivity contribution is 5.80. The molecule has 1 heterocycles. The Morgan fingerprint density at radius 3 is 3.04 bits per heavy atom. The van der Waals surface area contributed by atoms with Gasteiger partial charge in [0.1, 0.15) is 5.75 Å². The zero-order chi connectivity index (χ0) is 19.5. The summed E-state index contributed by atoms with van der Waals surface area (Å²) in [5.74, 6) is 1.56. The molecule has 1 atom stereocenters. The Hall–Kier alpha value is -2.66. The van der Waals surface area contributed by atoms with Crippen LogP contribution in [0, 0.1) is 0 Å². The van der Waals surface area contributed by atoms with E-state index in [-0.39, 0.29) is 5.63 Å². The summed E-state index contributed by atoms with van der Waals surface area (Å²) >= 11 is 0. The van der Waals surface area contributed by atoms with Crippen molar-refractivity contribution in [2.45, 2.75) is 31.6 Å². The number of hydrogen-bond acceptors (Lipinski definition) is 5. The predicted octanol–water partition coefficient (Wildman–Crippen LogP) is 3.79. The van der Waals surface area contributed by atoms with Gasteiger partial charge in [-0.3, -0.25) is 0 Å². The van der Waals surface area contributed by atoms with E-state index in [4.69, 9.17) is 9.26 Å². The minimum absolute atomic E-state index is 0.375. The molecule has 0 bridgehead atoms. The van der Waals surface area contributed by atoms with E-state index in [9.17, 15) is 4.79 Å². The number of rotatable bonds is 6. The van der Waals surface area contributed by atoms with Gasteiger partial charge in [0.2, 0.25) is 0 Å². The van der Waals surface area contributed by atoms with Gasteiger partial charge in [-0.1, -0.05) is 29.4 Å². The zero-order valence-electron chi connectivity index (χ0n) is 16.5. The fraction of sp³-hybridized carbons (Fsp3) is 0.391. The first-order chi connectivity index (χ1) is 13.7. The number of fused-ring (bicyclic) bond motifs is 2. The molecule has 0 saturated carbocycles. The molecule has 0 fully saturated rings. The number of hydrogen-bond donors (Lipinski definition) is 0. The van der Waals surface area contributed by atoms with E-state index in [0.29, 0.717) is 11.3 Å². The van der Waals surface area contributed by atoms with Crippen LogP contribution < -0.4 is 10.4 Å². The van der Waals surface area contributed by atoms with Crippen LogP contribution >= 0.6 is 0 Å². The monoisotopic (exact) mass is 378 g/mol. The van der Waals surface area contributed by atoms with Crippen molar-refractivity contribution in [2.75, 3.05) is 27.2 Å². The Morgan fingerprint density at radius 2 is 2.18 bits per heavy atom. The Morgan fingerprint density at radius 1 is 1.29 bits per heavy atom. The van der Waals surface area contributed by atoms with Gasteiger partial charge in [-0.2, -0.15) is 0 Å². The summed E-state index contributed by atoms with van der Waals surface area (Å²) < 4.78 is 10.3. The maximum Gasteiger partial charge on any atom is 0.366 e.